The van der Waals surface area contributed by atoms with Crippen LogP contribution in [0.5, 0.6) is 0 Å². The molecule has 0 N–H and O–H groups in total. The summed E-state index contributed by atoms with van der Waals surface area (Å²) in [5, 5.41) is 4.16. The van der Waals surface area contributed by atoms with Gasteiger partial charge in [-0.3, -0.25) is 19.1 Å². The number of benzene rings is 2. The van der Waals surface area contributed by atoms with Crippen molar-refractivity contribution < 1.29 is 18.9 Å². The van der Waals surface area contributed by atoms with Crippen LogP contribution < -0.4 is 0 Å². The summed E-state index contributed by atoms with van der Waals surface area (Å²) in [6, 6.07) is 43.9. The Labute approximate surface area is 349 Å². The van der Waals surface area contributed by atoms with Gasteiger partial charge in [0.15, 0.2) is 0 Å². The maximum absolute atomic E-state index is 6.90. The number of nitrogens with zero attached hydrogens (tertiary/aromatic N) is 8. The van der Waals surface area contributed by atoms with Gasteiger partial charge in [-0.2, -0.15) is 0 Å². The molecule has 12 rings (SSSR count). The fraction of sp³-hybridized carbons (Fsp3) is 0.143. The van der Waals surface area contributed by atoms with Crippen LogP contribution >= 0.6 is 0 Å². The van der Waals surface area contributed by atoms with E-state index in [1.807, 2.05) is 109 Å². The van der Waals surface area contributed by atoms with Crippen LogP contribution in [0.25, 0.3) is 55.5 Å². The predicted octanol–water partition coefficient (Wildman–Crippen LogP) is 8.43. The van der Waals surface area contributed by atoms with Crippen LogP contribution in [-0.4, -0.2) is 65.5 Å². The van der Waals surface area contributed by atoms with E-state index < -0.39 is 17.0 Å². The zero-order valence-electron chi connectivity index (χ0n) is 32.7. The normalized spacial score (nSPS) is 21.8. The van der Waals surface area contributed by atoms with E-state index in [4.69, 9.17) is 48.9 Å². The molecule has 2 aliphatic heterocycles. The Hall–Kier alpha value is -7.22. The van der Waals surface area contributed by atoms with Crippen LogP contribution in [0.15, 0.2) is 171 Å². The SMILES string of the molecule is c1ccc(C2(c3ccc(-n4c5ncccc5c5cccnc54)cc3)OCC3(CO2)COC(c2ccc(-n4c5ncccc5c5cccnc54)cc2)(c2ccccn2)OC3)nc1. The van der Waals surface area contributed by atoms with Gasteiger partial charge in [-0.25, -0.2) is 19.9 Å². The summed E-state index contributed by atoms with van der Waals surface area (Å²) < 4.78 is 31.8. The summed E-state index contributed by atoms with van der Waals surface area (Å²) in [6.07, 6.45) is 10.7. The van der Waals surface area contributed by atoms with Crippen molar-refractivity contribution in [1.82, 2.24) is 39.0 Å². The maximum Gasteiger partial charge on any atom is 0.239 e. The topological polar surface area (TPSA) is 124 Å². The van der Waals surface area contributed by atoms with E-state index >= 15 is 0 Å². The number of rotatable bonds is 6. The van der Waals surface area contributed by atoms with Crippen molar-refractivity contribution >= 4 is 44.1 Å². The average Bonchev–Trinajstić information content (AvgIpc) is 3.86. The lowest BCUT2D eigenvalue weighted by Gasteiger charge is -2.50. The van der Waals surface area contributed by atoms with E-state index in [2.05, 4.69) is 33.4 Å². The Bertz CT molecular complexity index is 2880. The third-order valence-electron chi connectivity index (χ3n) is 11.9. The van der Waals surface area contributed by atoms with Gasteiger partial charge in [0.05, 0.1) is 31.8 Å². The Morgan fingerprint density at radius 1 is 0.344 bits per heavy atom. The van der Waals surface area contributed by atoms with Crippen molar-refractivity contribution in [3.8, 4) is 11.4 Å². The van der Waals surface area contributed by atoms with E-state index in [-0.39, 0.29) is 26.4 Å². The molecule has 0 aliphatic carbocycles. The summed E-state index contributed by atoms with van der Waals surface area (Å²) in [5.41, 5.74) is 7.47. The first-order chi connectivity index (χ1) is 30.1. The molecular weight excluding hydrogens is 765 g/mol. The zero-order chi connectivity index (χ0) is 40.4. The third-order valence-corrected chi connectivity index (χ3v) is 11.9. The lowest BCUT2D eigenvalue weighted by Crippen LogP contribution is -2.58. The van der Waals surface area contributed by atoms with Gasteiger partial charge in [0.25, 0.3) is 0 Å². The molecule has 61 heavy (non-hydrogen) atoms. The Morgan fingerprint density at radius 2 is 0.672 bits per heavy atom. The van der Waals surface area contributed by atoms with Crippen LogP contribution in [0.2, 0.25) is 0 Å². The molecule has 2 saturated heterocycles. The number of fused-ring (bicyclic) bond motifs is 6. The summed E-state index contributed by atoms with van der Waals surface area (Å²) in [5.74, 6) is -2.55. The molecule has 12 nitrogen and oxygen atoms in total. The summed E-state index contributed by atoms with van der Waals surface area (Å²) in [4.78, 5) is 28.4. The van der Waals surface area contributed by atoms with Gasteiger partial charge >= 0.3 is 0 Å². The molecule has 2 fully saturated rings. The monoisotopic (exact) mass is 800 g/mol. The van der Waals surface area contributed by atoms with Crippen molar-refractivity contribution in [2.24, 2.45) is 5.41 Å². The summed E-state index contributed by atoms with van der Waals surface area (Å²) >= 11 is 0. The molecule has 2 aliphatic rings. The van der Waals surface area contributed by atoms with E-state index in [1.165, 1.54) is 0 Å². The minimum absolute atomic E-state index is 0.289. The molecule has 0 bridgehead atoms. The van der Waals surface area contributed by atoms with E-state index in [0.29, 0.717) is 11.4 Å². The lowest BCUT2D eigenvalue weighted by atomic mass is 9.87. The summed E-state index contributed by atoms with van der Waals surface area (Å²) in [7, 11) is 0. The highest BCUT2D eigenvalue weighted by Crippen LogP contribution is 2.47. The number of hydrogen-bond donors (Lipinski definition) is 0. The lowest BCUT2D eigenvalue weighted by molar-refractivity contribution is -0.358. The molecule has 10 aromatic rings. The van der Waals surface area contributed by atoms with Crippen molar-refractivity contribution in [2.45, 2.75) is 11.6 Å². The molecule has 10 heterocycles. The van der Waals surface area contributed by atoms with Gasteiger partial charge < -0.3 is 18.9 Å². The smallest absolute Gasteiger partial charge is 0.239 e. The minimum Gasteiger partial charge on any atom is -0.340 e. The van der Waals surface area contributed by atoms with Crippen LogP contribution in [0, 0.1) is 5.41 Å². The van der Waals surface area contributed by atoms with Crippen molar-refractivity contribution in [3.05, 3.63) is 193 Å². The molecule has 12 heteroatoms. The second kappa shape index (κ2) is 13.9. The van der Waals surface area contributed by atoms with Crippen LogP contribution in [0.4, 0.5) is 0 Å². The van der Waals surface area contributed by atoms with Crippen LogP contribution in [0.3, 0.4) is 0 Å². The predicted molar refractivity (Wildman–Crippen MR) is 229 cm³/mol. The molecule has 0 amide bonds. The van der Waals surface area contributed by atoms with Gasteiger partial charge in [0.2, 0.25) is 11.6 Å². The van der Waals surface area contributed by atoms with E-state index in [1.54, 1.807) is 37.2 Å². The number of ether oxygens (including phenoxy) is 4. The zero-order valence-corrected chi connectivity index (χ0v) is 32.7. The molecule has 8 aromatic heterocycles. The largest absolute Gasteiger partial charge is 0.340 e. The van der Waals surface area contributed by atoms with Crippen LogP contribution in [0.1, 0.15) is 22.5 Å². The highest BCUT2D eigenvalue weighted by atomic mass is 16.7. The van der Waals surface area contributed by atoms with Crippen LogP contribution in [-0.2, 0) is 30.5 Å². The summed E-state index contributed by atoms with van der Waals surface area (Å²) in [6.45, 7) is 1.15. The fourth-order valence-corrected chi connectivity index (χ4v) is 8.88. The molecule has 0 radical (unpaired) electrons. The average molecular weight is 801 g/mol. The molecular formula is C49H36N8O4. The van der Waals surface area contributed by atoms with E-state index in [0.717, 1.165) is 66.6 Å². The number of pyridine rings is 6. The highest BCUT2D eigenvalue weighted by Gasteiger charge is 2.54. The van der Waals surface area contributed by atoms with Crippen molar-refractivity contribution in [2.75, 3.05) is 26.4 Å². The first kappa shape index (κ1) is 35.7. The molecule has 1 spiro atoms. The van der Waals surface area contributed by atoms with Gasteiger partial charge in [-0.15, -0.1) is 0 Å². The Balaban J connectivity index is 0.852. The van der Waals surface area contributed by atoms with Crippen molar-refractivity contribution in [3.63, 3.8) is 0 Å². The molecule has 2 aromatic carbocycles. The maximum atomic E-state index is 6.90. The fourth-order valence-electron chi connectivity index (χ4n) is 8.88. The van der Waals surface area contributed by atoms with Gasteiger partial charge in [0, 0.05) is 81.2 Å². The first-order valence-corrected chi connectivity index (χ1v) is 20.2. The van der Waals surface area contributed by atoms with Gasteiger partial charge in [-0.1, -0.05) is 36.4 Å². The quantitative estimate of drug-likeness (QED) is 0.162. The second-order valence-electron chi connectivity index (χ2n) is 15.6. The van der Waals surface area contributed by atoms with Gasteiger partial charge in [0.1, 0.15) is 34.0 Å². The number of hydrogen-bond acceptors (Lipinski definition) is 10. The molecule has 0 atom stereocenters. The molecule has 0 saturated carbocycles. The number of aromatic nitrogens is 8. The third kappa shape index (κ3) is 5.54. The first-order valence-electron chi connectivity index (χ1n) is 20.2. The highest BCUT2D eigenvalue weighted by molar-refractivity contribution is 6.07. The Morgan fingerprint density at radius 3 is 0.984 bits per heavy atom. The molecule has 296 valence electrons. The standard InChI is InChI=1S/C49H36N8O4/c1-3-23-50-41(13-1)48(33-15-19-35(20-16-33)56-43-37(9-5-25-52-43)38-10-6-26-53-44(38)56)58-29-47(30-59-48)31-60-49(61-32-47,42-14-2-4-24-51-42)34-17-21-36(22-18-34)57-45-39(11-7-27-54-45)40-12-8-28-55-46(40)57/h1-28H,29-32H2. The minimum atomic E-state index is -1.27. The molecule has 0 unspecified atom stereocenters. The van der Waals surface area contributed by atoms with E-state index in [9.17, 15) is 0 Å². The Kier molecular flexibility index (Phi) is 8.15. The van der Waals surface area contributed by atoms with Crippen molar-refractivity contribution in [1.29, 1.82) is 0 Å². The second-order valence-corrected chi connectivity index (χ2v) is 15.6. The van der Waals surface area contributed by atoms with Gasteiger partial charge in [-0.05, 0) is 97.1 Å².